The Bertz CT molecular complexity index is 579. The fourth-order valence-corrected chi connectivity index (χ4v) is 2.81. The summed E-state index contributed by atoms with van der Waals surface area (Å²) in [6.07, 6.45) is 0. The van der Waals surface area contributed by atoms with Crippen molar-refractivity contribution in [3.8, 4) is 0 Å². The zero-order valence-corrected chi connectivity index (χ0v) is 10.4. The lowest BCUT2D eigenvalue weighted by Crippen LogP contribution is -2.05. The summed E-state index contributed by atoms with van der Waals surface area (Å²) in [6, 6.07) is 15.7. The van der Waals surface area contributed by atoms with Crippen LogP contribution < -0.4 is 0 Å². The van der Waals surface area contributed by atoms with Gasteiger partial charge in [0.05, 0.1) is 22.1 Å². The average molecular weight is 260 g/mol. The van der Waals surface area contributed by atoms with Gasteiger partial charge in [0.1, 0.15) is 0 Å². The van der Waals surface area contributed by atoms with Crippen LogP contribution in [0.4, 0.5) is 0 Å². The van der Waals surface area contributed by atoms with Crippen molar-refractivity contribution < 1.29 is 14.1 Å². The lowest BCUT2D eigenvalue weighted by molar-refractivity contribution is 0.0696. The molecule has 0 aliphatic rings. The Morgan fingerprint density at radius 1 is 1.00 bits per heavy atom. The summed E-state index contributed by atoms with van der Waals surface area (Å²) in [5.74, 6) is -0.775. The Balaban J connectivity index is 2.25. The third-order valence-electron chi connectivity index (χ3n) is 2.54. The molecule has 0 aliphatic heterocycles. The van der Waals surface area contributed by atoms with Crippen LogP contribution in [0.5, 0.6) is 0 Å². The molecule has 1 N–H and O–H groups in total. The number of hydrogen-bond donors (Lipinski definition) is 1. The van der Waals surface area contributed by atoms with Gasteiger partial charge >= 0.3 is 5.97 Å². The van der Waals surface area contributed by atoms with Crippen LogP contribution in [0.1, 0.15) is 15.9 Å². The molecule has 0 fully saturated rings. The van der Waals surface area contributed by atoms with E-state index < -0.39 is 16.8 Å². The van der Waals surface area contributed by atoms with Gasteiger partial charge in [-0.15, -0.1) is 0 Å². The Morgan fingerprint density at radius 2 is 1.61 bits per heavy atom. The molecule has 0 aromatic heterocycles. The Kier molecular flexibility index (Phi) is 3.89. The van der Waals surface area contributed by atoms with Crippen LogP contribution in [0.2, 0.25) is 0 Å². The van der Waals surface area contributed by atoms with Crippen LogP contribution in [0, 0.1) is 0 Å². The number of carbonyl (C=O) groups is 1. The van der Waals surface area contributed by atoms with Crippen molar-refractivity contribution in [3.05, 3.63) is 65.7 Å². The highest BCUT2D eigenvalue weighted by Crippen LogP contribution is 2.15. The predicted octanol–water partition coefficient (Wildman–Crippen LogP) is 2.69. The second-order valence-electron chi connectivity index (χ2n) is 3.77. The van der Waals surface area contributed by atoms with Gasteiger partial charge in [0.2, 0.25) is 0 Å². The molecule has 2 rings (SSSR count). The molecular weight excluding hydrogens is 248 g/mol. The van der Waals surface area contributed by atoms with Crippen molar-refractivity contribution in [2.75, 3.05) is 0 Å². The molecule has 0 radical (unpaired) electrons. The summed E-state index contributed by atoms with van der Waals surface area (Å²) in [7, 11) is -1.22. The highest BCUT2D eigenvalue weighted by Gasteiger charge is 2.12. The number of carboxylic acids is 1. The minimum atomic E-state index is -1.22. The number of hydrogen-bond acceptors (Lipinski definition) is 2. The van der Waals surface area contributed by atoms with E-state index in [9.17, 15) is 9.00 Å². The molecule has 4 heteroatoms. The van der Waals surface area contributed by atoms with Gasteiger partial charge in [-0.05, 0) is 23.8 Å². The van der Waals surface area contributed by atoms with E-state index in [-0.39, 0.29) is 11.3 Å². The molecule has 0 saturated carbocycles. The van der Waals surface area contributed by atoms with Crippen LogP contribution >= 0.6 is 0 Å². The second kappa shape index (κ2) is 5.60. The molecule has 0 amide bonds. The van der Waals surface area contributed by atoms with Gasteiger partial charge in [0, 0.05) is 4.90 Å². The maximum Gasteiger partial charge on any atom is 0.335 e. The van der Waals surface area contributed by atoms with Crippen molar-refractivity contribution in [3.63, 3.8) is 0 Å². The van der Waals surface area contributed by atoms with Gasteiger partial charge in [-0.3, -0.25) is 4.21 Å². The molecule has 2 aromatic rings. The van der Waals surface area contributed by atoms with Gasteiger partial charge in [-0.25, -0.2) is 4.79 Å². The molecule has 0 unspecified atom stereocenters. The zero-order valence-electron chi connectivity index (χ0n) is 9.58. The first kappa shape index (κ1) is 12.5. The molecule has 0 aliphatic carbocycles. The minimum Gasteiger partial charge on any atom is -0.478 e. The average Bonchev–Trinajstić information content (AvgIpc) is 2.40. The maximum atomic E-state index is 12.1. The van der Waals surface area contributed by atoms with Crippen molar-refractivity contribution >= 4 is 16.8 Å². The number of carboxylic acid groups (broad SMARTS) is 1. The summed E-state index contributed by atoms with van der Waals surface area (Å²) >= 11 is 0. The highest BCUT2D eigenvalue weighted by atomic mass is 32.2. The molecule has 3 nitrogen and oxygen atoms in total. The van der Waals surface area contributed by atoms with Gasteiger partial charge in [0.25, 0.3) is 0 Å². The monoisotopic (exact) mass is 260 g/mol. The molecule has 1 atom stereocenters. The fourth-order valence-electron chi connectivity index (χ4n) is 1.65. The summed E-state index contributed by atoms with van der Waals surface area (Å²) in [6.45, 7) is 0. The van der Waals surface area contributed by atoms with E-state index in [0.29, 0.717) is 10.5 Å². The Morgan fingerprint density at radius 3 is 2.28 bits per heavy atom. The van der Waals surface area contributed by atoms with E-state index >= 15 is 0 Å². The summed E-state index contributed by atoms with van der Waals surface area (Å²) in [5.41, 5.74) is 0.800. The molecular formula is C14H12O3S. The van der Waals surface area contributed by atoms with Gasteiger partial charge in [-0.2, -0.15) is 0 Å². The topological polar surface area (TPSA) is 54.4 Å². The maximum absolute atomic E-state index is 12.1. The quantitative estimate of drug-likeness (QED) is 0.919. The predicted molar refractivity (Wildman–Crippen MR) is 70.0 cm³/mol. The van der Waals surface area contributed by atoms with Crippen molar-refractivity contribution in [2.24, 2.45) is 0 Å². The van der Waals surface area contributed by atoms with E-state index in [1.54, 1.807) is 30.3 Å². The molecule has 0 spiro atoms. The van der Waals surface area contributed by atoms with Crippen LogP contribution in [0.25, 0.3) is 0 Å². The first-order valence-electron chi connectivity index (χ1n) is 5.43. The highest BCUT2D eigenvalue weighted by molar-refractivity contribution is 7.84. The summed E-state index contributed by atoms with van der Waals surface area (Å²) < 4.78 is 12.1. The zero-order chi connectivity index (χ0) is 13.0. The third kappa shape index (κ3) is 2.84. The number of aromatic carboxylic acids is 1. The molecule has 0 saturated heterocycles. The Labute approximate surface area is 108 Å². The SMILES string of the molecule is O=C(O)c1ccccc1C[S@](=O)c1ccccc1. The molecule has 18 heavy (non-hydrogen) atoms. The van der Waals surface area contributed by atoms with E-state index in [0.717, 1.165) is 0 Å². The molecule has 2 aromatic carbocycles. The molecule has 0 heterocycles. The second-order valence-corrected chi connectivity index (χ2v) is 5.22. The van der Waals surface area contributed by atoms with Crippen molar-refractivity contribution in [2.45, 2.75) is 10.6 Å². The number of rotatable bonds is 4. The van der Waals surface area contributed by atoms with Crippen LogP contribution in [-0.4, -0.2) is 15.3 Å². The van der Waals surface area contributed by atoms with Gasteiger partial charge in [0.15, 0.2) is 0 Å². The van der Waals surface area contributed by atoms with Crippen LogP contribution in [-0.2, 0) is 16.6 Å². The summed E-state index contributed by atoms with van der Waals surface area (Å²) in [4.78, 5) is 11.7. The van der Waals surface area contributed by atoms with Crippen LogP contribution in [0.15, 0.2) is 59.5 Å². The van der Waals surface area contributed by atoms with Gasteiger partial charge in [-0.1, -0.05) is 36.4 Å². The first-order valence-corrected chi connectivity index (χ1v) is 6.75. The van der Waals surface area contributed by atoms with E-state index in [2.05, 4.69) is 0 Å². The lowest BCUT2D eigenvalue weighted by atomic mass is 10.1. The Hall–Kier alpha value is -1.94. The standard InChI is InChI=1S/C14H12O3S/c15-14(16)13-9-5-4-6-11(13)10-18(17)12-7-2-1-3-8-12/h1-9H,10H2,(H,15,16)/t18-/m0/s1. The molecule has 92 valence electrons. The van der Waals surface area contributed by atoms with Crippen molar-refractivity contribution in [1.29, 1.82) is 0 Å². The molecule has 0 bridgehead atoms. The first-order chi connectivity index (χ1) is 8.68. The normalized spacial score (nSPS) is 12.0. The largest absolute Gasteiger partial charge is 0.478 e. The van der Waals surface area contributed by atoms with E-state index in [4.69, 9.17) is 5.11 Å². The van der Waals surface area contributed by atoms with Crippen molar-refractivity contribution in [1.82, 2.24) is 0 Å². The minimum absolute atomic E-state index is 0.210. The smallest absolute Gasteiger partial charge is 0.335 e. The third-order valence-corrected chi connectivity index (χ3v) is 3.91. The van der Waals surface area contributed by atoms with Gasteiger partial charge < -0.3 is 5.11 Å². The van der Waals surface area contributed by atoms with E-state index in [1.807, 2.05) is 18.2 Å². The lowest BCUT2D eigenvalue weighted by Gasteiger charge is -2.05. The van der Waals surface area contributed by atoms with E-state index in [1.165, 1.54) is 6.07 Å². The van der Waals surface area contributed by atoms with Crippen LogP contribution in [0.3, 0.4) is 0 Å². The number of benzene rings is 2. The summed E-state index contributed by atoms with van der Waals surface area (Å²) in [5, 5.41) is 9.05. The fraction of sp³-hybridized carbons (Fsp3) is 0.0714.